The van der Waals surface area contributed by atoms with Gasteiger partial charge in [0.25, 0.3) is 0 Å². The maximum Gasteiger partial charge on any atom is 0.227 e. The number of hydrogen-bond donors (Lipinski definition) is 0. The van der Waals surface area contributed by atoms with Crippen molar-refractivity contribution in [2.45, 2.75) is 6.92 Å². The van der Waals surface area contributed by atoms with E-state index < -0.39 is 0 Å². The molecule has 0 spiro atoms. The first-order chi connectivity index (χ1) is 10.7. The van der Waals surface area contributed by atoms with Crippen LogP contribution in [0.25, 0.3) is 28.2 Å². The monoisotopic (exact) mass is 400 g/mol. The summed E-state index contributed by atoms with van der Waals surface area (Å²) in [6, 6.07) is 16.3. The summed E-state index contributed by atoms with van der Waals surface area (Å²) in [7, 11) is 0. The van der Waals surface area contributed by atoms with E-state index >= 15 is 0 Å². The molecule has 0 aliphatic heterocycles. The molecule has 2 aromatic heterocycles. The van der Waals surface area contributed by atoms with Crippen molar-refractivity contribution >= 4 is 33.7 Å². The third-order valence-electron chi connectivity index (χ3n) is 3.69. The molecule has 0 fully saturated rings. The quantitative estimate of drug-likeness (QED) is 0.433. The average Bonchev–Trinajstić information content (AvgIpc) is 3.17. The Morgan fingerprint density at radius 2 is 1.86 bits per heavy atom. The number of fused-ring (bicyclic) bond motifs is 1. The lowest BCUT2D eigenvalue weighted by atomic mass is 10.1. The Morgan fingerprint density at radius 1 is 1.05 bits per heavy atom. The molecule has 0 N–H and O–H groups in total. The van der Waals surface area contributed by atoms with Crippen molar-refractivity contribution in [1.29, 1.82) is 0 Å². The Kier molecular flexibility index (Phi) is 3.26. The first kappa shape index (κ1) is 13.6. The predicted octanol–water partition coefficient (Wildman–Crippen LogP) is 5.20. The molecule has 2 aromatic carbocycles. The van der Waals surface area contributed by atoms with Gasteiger partial charge in [-0.15, -0.1) is 0 Å². The van der Waals surface area contributed by atoms with Crippen molar-refractivity contribution in [2.75, 3.05) is 0 Å². The van der Waals surface area contributed by atoms with Crippen LogP contribution in [0.2, 0.25) is 0 Å². The Bertz CT molecular complexity index is 955. The normalized spacial score (nSPS) is 11.2. The van der Waals surface area contributed by atoms with Crippen LogP contribution in [0.5, 0.6) is 0 Å². The van der Waals surface area contributed by atoms with Crippen LogP contribution in [-0.2, 0) is 0 Å². The van der Waals surface area contributed by atoms with E-state index in [1.54, 1.807) is 0 Å². The highest BCUT2D eigenvalue weighted by atomic mass is 127. The van der Waals surface area contributed by atoms with Gasteiger partial charge in [0.05, 0.1) is 0 Å². The molecule has 108 valence electrons. The van der Waals surface area contributed by atoms with Gasteiger partial charge in [-0.25, -0.2) is 4.98 Å². The largest absolute Gasteiger partial charge is 0.436 e. The van der Waals surface area contributed by atoms with Gasteiger partial charge in [-0.3, -0.25) is 0 Å². The third kappa shape index (κ3) is 2.33. The van der Waals surface area contributed by atoms with Gasteiger partial charge in [0, 0.05) is 27.2 Å². The molecule has 4 rings (SSSR count). The number of aryl methyl sites for hydroxylation is 1. The summed E-state index contributed by atoms with van der Waals surface area (Å²) in [6.07, 6.45) is 4.04. The van der Waals surface area contributed by atoms with Gasteiger partial charge >= 0.3 is 0 Å². The van der Waals surface area contributed by atoms with Crippen LogP contribution >= 0.6 is 22.6 Å². The SMILES string of the molecule is Cc1ccc(-c2nc3cc(-n4cccc4)ccc3o2)cc1I. The number of benzene rings is 2. The molecule has 0 saturated carbocycles. The van der Waals surface area contributed by atoms with E-state index in [0.29, 0.717) is 5.89 Å². The summed E-state index contributed by atoms with van der Waals surface area (Å²) in [5.74, 6) is 0.664. The number of hydrogen-bond acceptors (Lipinski definition) is 2. The van der Waals surface area contributed by atoms with Gasteiger partial charge in [-0.2, -0.15) is 0 Å². The molecule has 0 bridgehead atoms. The van der Waals surface area contributed by atoms with E-state index in [1.165, 1.54) is 9.13 Å². The fourth-order valence-corrected chi connectivity index (χ4v) is 2.95. The van der Waals surface area contributed by atoms with Crippen LogP contribution in [0, 0.1) is 10.5 Å². The molecule has 0 amide bonds. The first-order valence-electron chi connectivity index (χ1n) is 7.01. The molecule has 0 aliphatic carbocycles. The van der Waals surface area contributed by atoms with Gasteiger partial charge in [-0.1, -0.05) is 6.07 Å². The molecule has 0 radical (unpaired) electrons. The molecule has 3 nitrogen and oxygen atoms in total. The van der Waals surface area contributed by atoms with Gasteiger partial charge in [0.15, 0.2) is 5.58 Å². The number of oxazole rings is 1. The van der Waals surface area contributed by atoms with E-state index in [1.807, 2.05) is 42.7 Å². The fourth-order valence-electron chi connectivity index (χ4n) is 2.43. The Labute approximate surface area is 141 Å². The minimum atomic E-state index is 0.664. The topological polar surface area (TPSA) is 31.0 Å². The molecular weight excluding hydrogens is 387 g/mol. The van der Waals surface area contributed by atoms with Gasteiger partial charge in [0.1, 0.15) is 5.52 Å². The molecule has 2 heterocycles. The van der Waals surface area contributed by atoms with Crippen LogP contribution in [0.1, 0.15) is 5.56 Å². The van der Waals surface area contributed by atoms with E-state index in [0.717, 1.165) is 22.4 Å². The molecule has 4 aromatic rings. The van der Waals surface area contributed by atoms with Crippen molar-refractivity contribution < 1.29 is 4.42 Å². The van der Waals surface area contributed by atoms with E-state index in [-0.39, 0.29) is 0 Å². The summed E-state index contributed by atoms with van der Waals surface area (Å²) >= 11 is 2.33. The molecule has 0 unspecified atom stereocenters. The average molecular weight is 400 g/mol. The highest BCUT2D eigenvalue weighted by molar-refractivity contribution is 14.1. The van der Waals surface area contributed by atoms with Gasteiger partial charge in [-0.05, 0) is 77.5 Å². The summed E-state index contributed by atoms with van der Waals surface area (Å²) in [6.45, 7) is 2.10. The second-order valence-electron chi connectivity index (χ2n) is 5.23. The molecule has 22 heavy (non-hydrogen) atoms. The lowest BCUT2D eigenvalue weighted by Crippen LogP contribution is -1.88. The Morgan fingerprint density at radius 3 is 2.64 bits per heavy atom. The molecule has 0 aliphatic rings. The second kappa shape index (κ2) is 5.28. The smallest absolute Gasteiger partial charge is 0.227 e. The van der Waals surface area contributed by atoms with Crippen LogP contribution < -0.4 is 0 Å². The lowest BCUT2D eigenvalue weighted by molar-refractivity contribution is 0.619. The highest BCUT2D eigenvalue weighted by Crippen LogP contribution is 2.27. The Hall–Kier alpha value is -2.08. The van der Waals surface area contributed by atoms with Gasteiger partial charge in [0.2, 0.25) is 5.89 Å². The maximum absolute atomic E-state index is 5.90. The van der Waals surface area contributed by atoms with E-state index in [9.17, 15) is 0 Å². The summed E-state index contributed by atoms with van der Waals surface area (Å²) in [5, 5.41) is 0. The van der Waals surface area contributed by atoms with Gasteiger partial charge < -0.3 is 8.98 Å². The van der Waals surface area contributed by atoms with Crippen LogP contribution in [0.3, 0.4) is 0 Å². The predicted molar refractivity (Wildman–Crippen MR) is 96.2 cm³/mol. The van der Waals surface area contributed by atoms with Crippen LogP contribution in [-0.4, -0.2) is 9.55 Å². The zero-order valence-corrected chi connectivity index (χ0v) is 14.1. The first-order valence-corrected chi connectivity index (χ1v) is 8.09. The van der Waals surface area contributed by atoms with Crippen molar-refractivity contribution in [2.24, 2.45) is 0 Å². The summed E-state index contributed by atoms with van der Waals surface area (Å²) < 4.78 is 9.17. The number of rotatable bonds is 2. The molecule has 0 saturated heterocycles. The number of nitrogens with zero attached hydrogens (tertiary/aromatic N) is 2. The Balaban J connectivity index is 1.81. The molecule has 0 atom stereocenters. The lowest BCUT2D eigenvalue weighted by Gasteiger charge is -2.00. The van der Waals surface area contributed by atoms with Crippen molar-refractivity contribution in [3.63, 3.8) is 0 Å². The third-order valence-corrected chi connectivity index (χ3v) is 4.85. The van der Waals surface area contributed by atoms with Crippen molar-refractivity contribution in [3.8, 4) is 17.1 Å². The van der Waals surface area contributed by atoms with Crippen LogP contribution in [0.15, 0.2) is 65.3 Å². The maximum atomic E-state index is 5.90. The minimum Gasteiger partial charge on any atom is -0.436 e. The number of aromatic nitrogens is 2. The highest BCUT2D eigenvalue weighted by Gasteiger charge is 2.10. The van der Waals surface area contributed by atoms with Crippen molar-refractivity contribution in [1.82, 2.24) is 9.55 Å². The van der Waals surface area contributed by atoms with Crippen LogP contribution in [0.4, 0.5) is 0 Å². The minimum absolute atomic E-state index is 0.664. The zero-order valence-electron chi connectivity index (χ0n) is 12.0. The second-order valence-corrected chi connectivity index (χ2v) is 6.39. The summed E-state index contributed by atoms with van der Waals surface area (Å²) in [4.78, 5) is 4.64. The summed E-state index contributed by atoms with van der Waals surface area (Å²) in [5.41, 5.74) is 5.03. The van der Waals surface area contributed by atoms with E-state index in [4.69, 9.17) is 4.42 Å². The van der Waals surface area contributed by atoms with Crippen molar-refractivity contribution in [3.05, 3.63) is 70.1 Å². The number of halogens is 1. The zero-order chi connectivity index (χ0) is 15.1. The fraction of sp³-hybridized carbons (Fsp3) is 0.0556. The van der Waals surface area contributed by atoms with E-state index in [2.05, 4.69) is 57.3 Å². The molecular formula is C18H13IN2O. The molecule has 4 heteroatoms. The standard InChI is InChI=1S/C18H13IN2O/c1-12-4-5-13(10-15(12)19)18-20-16-11-14(6-7-17(16)22-18)21-8-2-3-9-21/h2-11H,1H3.